The van der Waals surface area contributed by atoms with Gasteiger partial charge in [0.15, 0.2) is 10.8 Å². The molecule has 2 aromatic heterocycles. The number of esters is 1. The number of carbonyl (C=O) groups is 4. The molecule has 2 amide bonds. The zero-order valence-electron chi connectivity index (χ0n) is 37.5. The first-order valence-electron chi connectivity index (χ1n) is 22.2. The van der Waals surface area contributed by atoms with E-state index in [0.717, 1.165) is 46.4 Å². The normalized spacial score (nSPS) is 21.3. The highest BCUT2D eigenvalue weighted by Crippen LogP contribution is 2.43. The van der Waals surface area contributed by atoms with Crippen LogP contribution < -0.4 is 11.1 Å². The van der Waals surface area contributed by atoms with Crippen LogP contribution in [0.3, 0.4) is 0 Å². The van der Waals surface area contributed by atoms with Crippen molar-refractivity contribution in [1.82, 2.24) is 20.2 Å². The van der Waals surface area contributed by atoms with Crippen LogP contribution in [0.25, 0.3) is 6.08 Å². The average molecular weight is 941 g/mol. The quantitative estimate of drug-likeness (QED) is 0.0255. The van der Waals surface area contributed by atoms with E-state index in [2.05, 4.69) is 41.2 Å². The molecular weight excluding hydrogens is 889 g/mol. The summed E-state index contributed by atoms with van der Waals surface area (Å²) in [5, 5.41) is 8.49. The first-order chi connectivity index (χ1) is 32.4. The minimum absolute atomic E-state index is 0.0490. The first-order valence-corrected chi connectivity index (χ1v) is 24.1. The fraction of sp³-hybridized carbons (Fsp3) is 0.314. The number of benzene rings is 3. The SMILES string of the molecule is CC(OC(=O)O[C@@H]1C[C@H](C)CC[C@H]1C(C)C)OC(=O)C1=C(/C=C\c2cccnc2)CS[C@@H]2[C@H](NC(=O)C(=NOC(c3ccccc3)(c3ccccc3)c3ccccc3)c3csc(N)n3)C(=O)N12. The van der Waals surface area contributed by atoms with Crippen molar-refractivity contribution in [3.8, 4) is 0 Å². The highest BCUT2D eigenvalue weighted by molar-refractivity contribution is 8.00. The molecule has 8 rings (SSSR count). The summed E-state index contributed by atoms with van der Waals surface area (Å²) in [6.07, 6.45) is 6.90. The van der Waals surface area contributed by atoms with Gasteiger partial charge in [-0.25, -0.2) is 14.6 Å². The number of nitrogens with one attached hydrogen (secondary N) is 1. The number of pyridine rings is 1. The van der Waals surface area contributed by atoms with Crippen molar-refractivity contribution in [2.45, 2.75) is 76.4 Å². The molecule has 3 aromatic carbocycles. The van der Waals surface area contributed by atoms with Gasteiger partial charge in [0, 0.05) is 47.1 Å². The number of nitrogens with two attached hydrogens (primary N) is 1. The topological polar surface area (TPSA) is 185 Å². The van der Waals surface area contributed by atoms with Gasteiger partial charge in [0.1, 0.15) is 28.9 Å². The molecule has 14 nitrogen and oxygen atoms in total. The van der Waals surface area contributed by atoms with Crippen LogP contribution in [0.15, 0.2) is 143 Å². The van der Waals surface area contributed by atoms with Gasteiger partial charge >= 0.3 is 12.1 Å². The minimum atomic E-state index is -1.35. The van der Waals surface area contributed by atoms with Crippen molar-refractivity contribution in [3.05, 3.63) is 166 Å². The Morgan fingerprint density at radius 3 is 2.13 bits per heavy atom. The molecule has 1 aliphatic carbocycles. The van der Waals surface area contributed by atoms with E-state index in [1.807, 2.05) is 97.1 Å². The lowest BCUT2D eigenvalue weighted by atomic mass is 9.75. The molecule has 2 fully saturated rings. The van der Waals surface area contributed by atoms with Gasteiger partial charge in [-0.05, 0) is 47.8 Å². The summed E-state index contributed by atoms with van der Waals surface area (Å²) < 4.78 is 17.0. The molecule has 0 spiro atoms. The molecular formula is C51H52N6O8S2. The van der Waals surface area contributed by atoms with E-state index in [9.17, 15) is 19.2 Å². The van der Waals surface area contributed by atoms with E-state index in [-0.39, 0.29) is 40.0 Å². The summed E-state index contributed by atoms with van der Waals surface area (Å²) >= 11 is 2.47. The molecule has 5 aromatic rings. The van der Waals surface area contributed by atoms with Crippen molar-refractivity contribution < 1.29 is 38.2 Å². The summed E-state index contributed by atoms with van der Waals surface area (Å²) in [6, 6.07) is 31.2. The lowest BCUT2D eigenvalue weighted by Gasteiger charge is -2.49. The maximum atomic E-state index is 14.5. The Morgan fingerprint density at radius 2 is 1.55 bits per heavy atom. The van der Waals surface area contributed by atoms with E-state index in [4.69, 9.17) is 24.8 Å². The molecule has 6 atom stereocenters. The van der Waals surface area contributed by atoms with Crippen molar-refractivity contribution in [1.29, 1.82) is 0 Å². The maximum Gasteiger partial charge on any atom is 0.511 e. The number of thioether (sulfide) groups is 1. The lowest BCUT2D eigenvalue weighted by molar-refractivity contribution is -0.170. The molecule has 3 N–H and O–H groups in total. The number of anilines is 1. The number of hydrogen-bond donors (Lipinski definition) is 2. The van der Waals surface area contributed by atoms with Crippen molar-refractivity contribution >= 4 is 64.0 Å². The summed E-state index contributed by atoms with van der Waals surface area (Å²) in [5.41, 5.74) is 8.09. The molecule has 346 valence electrons. The predicted molar refractivity (Wildman–Crippen MR) is 257 cm³/mol. The van der Waals surface area contributed by atoms with Crippen molar-refractivity contribution in [2.75, 3.05) is 11.5 Å². The molecule has 67 heavy (non-hydrogen) atoms. The summed E-state index contributed by atoms with van der Waals surface area (Å²) in [5.74, 6) is -1.08. The fourth-order valence-corrected chi connectivity index (χ4v) is 10.7. The zero-order valence-corrected chi connectivity index (χ0v) is 39.2. The number of amides is 2. The molecule has 1 saturated heterocycles. The third-order valence-electron chi connectivity index (χ3n) is 12.2. The van der Waals surface area contributed by atoms with Crippen LogP contribution in [-0.4, -0.2) is 74.1 Å². The molecule has 4 heterocycles. The van der Waals surface area contributed by atoms with Gasteiger partial charge in [0.25, 0.3) is 11.8 Å². The molecule has 1 saturated carbocycles. The Morgan fingerprint density at radius 1 is 0.896 bits per heavy atom. The van der Waals surface area contributed by atoms with E-state index >= 15 is 0 Å². The summed E-state index contributed by atoms with van der Waals surface area (Å²) in [4.78, 5) is 72.6. The predicted octanol–water partition coefficient (Wildman–Crippen LogP) is 8.70. The lowest BCUT2D eigenvalue weighted by Crippen LogP contribution is -2.71. The molecule has 3 aliphatic rings. The monoisotopic (exact) mass is 940 g/mol. The van der Waals surface area contributed by atoms with Gasteiger partial charge in [-0.1, -0.05) is 142 Å². The Kier molecular flexibility index (Phi) is 14.5. The Hall–Kier alpha value is -6.78. The number of nitrogen functional groups attached to an aromatic ring is 1. The number of rotatable bonds is 15. The van der Waals surface area contributed by atoms with Gasteiger partial charge in [0.05, 0.1) is 0 Å². The minimum Gasteiger partial charge on any atom is -0.431 e. The number of hydrogen-bond acceptors (Lipinski definition) is 14. The second-order valence-electron chi connectivity index (χ2n) is 17.1. The number of aromatic nitrogens is 2. The Balaban J connectivity index is 1.06. The van der Waals surface area contributed by atoms with Crippen LogP contribution in [0.4, 0.5) is 9.93 Å². The number of carbonyl (C=O) groups excluding carboxylic acids is 4. The third kappa shape index (κ3) is 10.3. The number of allylic oxidation sites excluding steroid dienone is 1. The molecule has 2 aliphatic heterocycles. The van der Waals surface area contributed by atoms with Crippen LogP contribution in [0.2, 0.25) is 0 Å². The number of ether oxygens (including phenoxy) is 3. The van der Waals surface area contributed by atoms with Gasteiger partial charge in [-0.3, -0.25) is 19.5 Å². The van der Waals surface area contributed by atoms with E-state index in [1.165, 1.54) is 23.6 Å². The first kappa shape index (κ1) is 46.7. The largest absolute Gasteiger partial charge is 0.511 e. The van der Waals surface area contributed by atoms with Crippen LogP contribution in [0, 0.1) is 17.8 Å². The van der Waals surface area contributed by atoms with E-state index < -0.39 is 47.2 Å². The third-order valence-corrected chi connectivity index (χ3v) is 14.2. The van der Waals surface area contributed by atoms with E-state index in [0.29, 0.717) is 23.8 Å². The summed E-state index contributed by atoms with van der Waals surface area (Å²) in [7, 11) is 0. The van der Waals surface area contributed by atoms with Crippen LogP contribution >= 0.6 is 23.1 Å². The molecule has 16 heteroatoms. The average Bonchev–Trinajstić information content (AvgIpc) is 3.77. The van der Waals surface area contributed by atoms with E-state index in [1.54, 1.807) is 36.0 Å². The molecule has 0 bridgehead atoms. The van der Waals surface area contributed by atoms with Gasteiger partial charge in [-0.15, -0.1) is 23.1 Å². The summed E-state index contributed by atoms with van der Waals surface area (Å²) in [6.45, 7) is 7.77. The fourth-order valence-electron chi connectivity index (χ4n) is 8.80. The maximum absolute atomic E-state index is 14.5. The van der Waals surface area contributed by atoms with Crippen molar-refractivity contribution in [2.24, 2.45) is 22.9 Å². The highest BCUT2D eigenvalue weighted by Gasteiger charge is 2.55. The van der Waals surface area contributed by atoms with Crippen molar-refractivity contribution in [3.63, 3.8) is 0 Å². The number of β-lactam (4-membered cyclic amide) rings is 1. The van der Waals surface area contributed by atoms with Gasteiger partial charge in [0.2, 0.25) is 11.9 Å². The van der Waals surface area contributed by atoms with Crippen LogP contribution in [0.1, 0.15) is 74.9 Å². The molecule has 0 radical (unpaired) electrons. The highest BCUT2D eigenvalue weighted by atomic mass is 32.2. The van der Waals surface area contributed by atoms with Gasteiger partial charge < -0.3 is 30.1 Å². The number of fused-ring (bicyclic) bond motifs is 1. The second-order valence-corrected chi connectivity index (χ2v) is 19.1. The second kappa shape index (κ2) is 20.8. The Bertz CT molecular complexity index is 2550. The number of thiazole rings is 1. The molecule has 1 unspecified atom stereocenters. The number of nitrogens with zero attached hydrogens (tertiary/aromatic N) is 4. The zero-order chi connectivity index (χ0) is 47.1. The van der Waals surface area contributed by atoms with Gasteiger partial charge in [-0.2, -0.15) is 0 Å². The standard InChI is InChI=1S/C51H52N6O8S2/c1-31(2)39-25-22-32(3)27-41(39)64-50(61)63-33(4)62-48(60)44-35(24-23-34-15-14-26-53-28-34)29-66-47-43(46(59)57(44)47)55-45(58)42(40-30-67-49(52)54-40)56-65-51(36-16-8-5-9-17-36,37-18-10-6-11-19-37)38-20-12-7-13-21-38/h5-21,23-24,26,28,30-33,39,41,43,47H,22,25,27,29H2,1-4H3,(H2,52,54)(H,55,58)/b24-23-,56-42?/t32-,33?,39+,41-,43-,47-/m1/s1. The van der Waals surface area contributed by atoms with Crippen LogP contribution in [-0.2, 0) is 39.0 Å². The smallest absolute Gasteiger partial charge is 0.431 e. The Labute approximate surface area is 397 Å². The van der Waals surface area contributed by atoms with Crippen LogP contribution in [0.5, 0.6) is 0 Å². The number of oxime groups is 1.